The standard InChI is InChI=1S/C19H21N3O5/c1-21(25)19(24)17-11-22(10-12-3-6-14(26-2)7-4-12)15-9-13(18(20)23)5-8-16(15)27-17/h3-9,17,25H,10-11H2,1-2H3,(H2,20,23). The van der Waals surface area contributed by atoms with Crippen LogP contribution in [-0.4, -0.2) is 48.9 Å². The van der Waals surface area contributed by atoms with E-state index in [4.69, 9.17) is 15.2 Å². The number of anilines is 1. The highest BCUT2D eigenvalue weighted by atomic mass is 16.5. The number of hydrogen-bond donors (Lipinski definition) is 2. The Morgan fingerprint density at radius 3 is 2.59 bits per heavy atom. The molecule has 0 aromatic heterocycles. The van der Waals surface area contributed by atoms with Crippen LogP contribution in [0.4, 0.5) is 5.69 Å². The van der Waals surface area contributed by atoms with Gasteiger partial charge in [0.05, 0.1) is 19.3 Å². The van der Waals surface area contributed by atoms with Crippen molar-refractivity contribution >= 4 is 17.5 Å². The summed E-state index contributed by atoms with van der Waals surface area (Å²) >= 11 is 0. The van der Waals surface area contributed by atoms with Crippen LogP contribution >= 0.6 is 0 Å². The molecule has 8 nitrogen and oxygen atoms in total. The number of fused-ring (bicyclic) bond motifs is 1. The Morgan fingerprint density at radius 1 is 1.30 bits per heavy atom. The Bertz CT molecular complexity index is 851. The van der Waals surface area contributed by atoms with Crippen LogP contribution in [0.2, 0.25) is 0 Å². The molecule has 1 aliphatic rings. The van der Waals surface area contributed by atoms with Crippen molar-refractivity contribution in [1.82, 2.24) is 5.06 Å². The average Bonchev–Trinajstić information content (AvgIpc) is 2.67. The number of nitrogens with two attached hydrogens (primary N) is 1. The van der Waals surface area contributed by atoms with Crippen LogP contribution < -0.4 is 20.1 Å². The van der Waals surface area contributed by atoms with Crippen molar-refractivity contribution in [2.75, 3.05) is 25.6 Å². The van der Waals surface area contributed by atoms with Gasteiger partial charge in [-0.1, -0.05) is 12.1 Å². The van der Waals surface area contributed by atoms with Crippen molar-refractivity contribution in [2.24, 2.45) is 5.73 Å². The minimum atomic E-state index is -0.870. The maximum atomic E-state index is 12.2. The zero-order valence-electron chi connectivity index (χ0n) is 15.1. The number of primary amides is 1. The van der Waals surface area contributed by atoms with Gasteiger partial charge in [0.2, 0.25) is 5.91 Å². The third kappa shape index (κ3) is 3.95. The molecule has 0 radical (unpaired) electrons. The van der Waals surface area contributed by atoms with Gasteiger partial charge in [0, 0.05) is 19.2 Å². The molecule has 0 saturated heterocycles. The Labute approximate surface area is 156 Å². The fourth-order valence-electron chi connectivity index (χ4n) is 2.94. The van der Waals surface area contributed by atoms with Gasteiger partial charge in [-0.3, -0.25) is 14.8 Å². The zero-order chi connectivity index (χ0) is 19.6. The second-order valence-corrected chi connectivity index (χ2v) is 6.24. The van der Waals surface area contributed by atoms with Gasteiger partial charge in [0.1, 0.15) is 11.5 Å². The van der Waals surface area contributed by atoms with Crippen LogP contribution in [0.5, 0.6) is 11.5 Å². The van der Waals surface area contributed by atoms with E-state index in [9.17, 15) is 14.8 Å². The van der Waals surface area contributed by atoms with Crippen LogP contribution in [0.25, 0.3) is 0 Å². The zero-order valence-corrected chi connectivity index (χ0v) is 15.1. The molecule has 1 aliphatic heterocycles. The lowest BCUT2D eigenvalue weighted by Gasteiger charge is -2.36. The molecule has 0 fully saturated rings. The summed E-state index contributed by atoms with van der Waals surface area (Å²) < 4.78 is 10.9. The topological polar surface area (TPSA) is 105 Å². The molecule has 3 N–H and O–H groups in total. The number of rotatable bonds is 5. The highest BCUT2D eigenvalue weighted by molar-refractivity contribution is 5.94. The third-order valence-corrected chi connectivity index (χ3v) is 4.37. The molecule has 2 amide bonds. The van der Waals surface area contributed by atoms with Crippen LogP contribution in [0.15, 0.2) is 42.5 Å². The first-order valence-electron chi connectivity index (χ1n) is 8.34. The van der Waals surface area contributed by atoms with E-state index < -0.39 is 17.9 Å². The van der Waals surface area contributed by atoms with Crippen molar-refractivity contribution in [1.29, 1.82) is 0 Å². The van der Waals surface area contributed by atoms with Gasteiger partial charge in [0.25, 0.3) is 5.91 Å². The van der Waals surface area contributed by atoms with E-state index in [0.29, 0.717) is 28.6 Å². The van der Waals surface area contributed by atoms with Crippen LogP contribution in [-0.2, 0) is 11.3 Å². The van der Waals surface area contributed by atoms with E-state index in [0.717, 1.165) is 11.3 Å². The molecule has 142 valence electrons. The molecular weight excluding hydrogens is 350 g/mol. The maximum absolute atomic E-state index is 12.2. The third-order valence-electron chi connectivity index (χ3n) is 4.37. The molecule has 2 aromatic rings. The molecule has 1 atom stereocenters. The van der Waals surface area contributed by atoms with Gasteiger partial charge >= 0.3 is 0 Å². The SMILES string of the molecule is COc1ccc(CN2CC(C(=O)N(C)O)Oc3ccc(C(N)=O)cc32)cc1. The normalized spacial score (nSPS) is 15.5. The number of nitrogens with zero attached hydrogens (tertiary/aromatic N) is 2. The first-order valence-corrected chi connectivity index (χ1v) is 8.34. The van der Waals surface area contributed by atoms with E-state index in [2.05, 4.69) is 0 Å². The fourth-order valence-corrected chi connectivity index (χ4v) is 2.94. The number of benzene rings is 2. The first kappa shape index (κ1) is 18.5. The molecule has 27 heavy (non-hydrogen) atoms. The summed E-state index contributed by atoms with van der Waals surface area (Å²) in [6.45, 7) is 0.687. The Balaban J connectivity index is 1.94. The summed E-state index contributed by atoms with van der Waals surface area (Å²) in [5.74, 6) is 0.0851. The first-order chi connectivity index (χ1) is 12.9. The van der Waals surface area contributed by atoms with Gasteiger partial charge in [-0.05, 0) is 35.9 Å². The summed E-state index contributed by atoms with van der Waals surface area (Å²) in [6, 6.07) is 12.3. The van der Waals surface area contributed by atoms with E-state index in [1.807, 2.05) is 29.2 Å². The van der Waals surface area contributed by atoms with E-state index in [-0.39, 0.29) is 6.54 Å². The summed E-state index contributed by atoms with van der Waals surface area (Å²) in [5.41, 5.74) is 7.38. The second-order valence-electron chi connectivity index (χ2n) is 6.24. The molecule has 0 spiro atoms. The summed E-state index contributed by atoms with van der Waals surface area (Å²) in [6.07, 6.45) is -0.870. The Morgan fingerprint density at radius 2 is 2.00 bits per heavy atom. The molecule has 2 aromatic carbocycles. The molecule has 0 saturated carbocycles. The van der Waals surface area contributed by atoms with Crippen molar-refractivity contribution in [3.05, 3.63) is 53.6 Å². The van der Waals surface area contributed by atoms with Crippen molar-refractivity contribution in [3.63, 3.8) is 0 Å². The monoisotopic (exact) mass is 371 g/mol. The van der Waals surface area contributed by atoms with Crippen molar-refractivity contribution < 1.29 is 24.3 Å². The Hall–Kier alpha value is -3.26. The molecule has 0 bridgehead atoms. The molecular formula is C19H21N3O5. The van der Waals surface area contributed by atoms with E-state index >= 15 is 0 Å². The predicted octanol–water partition coefficient (Wildman–Crippen LogP) is 1.41. The van der Waals surface area contributed by atoms with Crippen molar-refractivity contribution in [3.8, 4) is 11.5 Å². The summed E-state index contributed by atoms with van der Waals surface area (Å²) in [4.78, 5) is 25.7. The second kappa shape index (κ2) is 7.55. The fraction of sp³-hybridized carbons (Fsp3) is 0.263. The van der Waals surface area contributed by atoms with Gasteiger partial charge in [0.15, 0.2) is 6.10 Å². The molecule has 3 rings (SSSR count). The smallest absolute Gasteiger partial charge is 0.288 e. The summed E-state index contributed by atoms with van der Waals surface area (Å²) in [7, 11) is 2.85. The average molecular weight is 371 g/mol. The van der Waals surface area contributed by atoms with Gasteiger partial charge in [-0.15, -0.1) is 0 Å². The summed E-state index contributed by atoms with van der Waals surface area (Å²) in [5, 5.41) is 9.99. The van der Waals surface area contributed by atoms with Gasteiger partial charge < -0.3 is 20.1 Å². The minimum absolute atomic E-state index is 0.213. The number of ether oxygens (including phenoxy) is 2. The number of hydroxylamine groups is 2. The van der Waals surface area contributed by atoms with Crippen LogP contribution in [0.3, 0.4) is 0 Å². The number of methoxy groups -OCH3 is 1. The van der Waals surface area contributed by atoms with Gasteiger partial charge in [-0.2, -0.15) is 0 Å². The van der Waals surface area contributed by atoms with E-state index in [1.54, 1.807) is 25.3 Å². The number of amides is 2. The van der Waals surface area contributed by atoms with E-state index in [1.165, 1.54) is 7.05 Å². The Kier molecular flexibility index (Phi) is 5.18. The maximum Gasteiger partial charge on any atom is 0.288 e. The lowest BCUT2D eigenvalue weighted by Crippen LogP contribution is -2.48. The number of carbonyl (C=O) groups excluding carboxylic acids is 2. The molecule has 1 heterocycles. The lowest BCUT2D eigenvalue weighted by atomic mass is 10.1. The highest BCUT2D eigenvalue weighted by Gasteiger charge is 2.33. The predicted molar refractivity (Wildman–Crippen MR) is 98.0 cm³/mol. The number of likely N-dealkylation sites (N-methyl/N-ethyl adjacent to an activating group) is 1. The molecule has 0 aliphatic carbocycles. The minimum Gasteiger partial charge on any atom is -0.497 e. The molecule has 1 unspecified atom stereocenters. The van der Waals surface area contributed by atoms with Gasteiger partial charge in [-0.25, -0.2) is 5.06 Å². The van der Waals surface area contributed by atoms with Crippen LogP contribution in [0, 0.1) is 0 Å². The quantitative estimate of drug-likeness (QED) is 0.608. The largest absolute Gasteiger partial charge is 0.497 e. The van der Waals surface area contributed by atoms with Crippen molar-refractivity contribution in [2.45, 2.75) is 12.6 Å². The van der Waals surface area contributed by atoms with Crippen LogP contribution in [0.1, 0.15) is 15.9 Å². The molecule has 8 heteroatoms. The lowest BCUT2D eigenvalue weighted by molar-refractivity contribution is -0.167. The number of hydrogen-bond acceptors (Lipinski definition) is 6. The number of carbonyl (C=O) groups is 2. The highest BCUT2D eigenvalue weighted by Crippen LogP contribution is 2.35.